The fourth-order valence-corrected chi connectivity index (χ4v) is 4.13. The predicted molar refractivity (Wildman–Crippen MR) is 88.9 cm³/mol. The second kappa shape index (κ2) is 7.99. The molecule has 3 nitrogen and oxygen atoms in total. The van der Waals surface area contributed by atoms with E-state index >= 15 is 0 Å². The van der Waals surface area contributed by atoms with Gasteiger partial charge in [0, 0.05) is 17.5 Å². The number of rotatable bonds is 8. The van der Waals surface area contributed by atoms with Crippen molar-refractivity contribution in [1.29, 1.82) is 0 Å². The summed E-state index contributed by atoms with van der Waals surface area (Å²) in [5.41, 5.74) is 1.36. The lowest BCUT2D eigenvalue weighted by Gasteiger charge is -2.33. The molecule has 0 fully saturated rings. The Morgan fingerprint density at radius 2 is 1.95 bits per heavy atom. The number of fused-ring (bicyclic) bond motifs is 1. The third-order valence-electron chi connectivity index (χ3n) is 3.98. The highest BCUT2D eigenvalue weighted by Gasteiger charge is 2.26. The van der Waals surface area contributed by atoms with Gasteiger partial charge < -0.3 is 10.2 Å². The van der Waals surface area contributed by atoms with E-state index < -0.39 is 0 Å². The maximum absolute atomic E-state index is 4.76. The van der Waals surface area contributed by atoms with Crippen LogP contribution in [-0.2, 0) is 12.8 Å². The van der Waals surface area contributed by atoms with Crippen molar-refractivity contribution >= 4 is 16.5 Å². The maximum Gasteiger partial charge on any atom is 0.183 e. The average molecular weight is 295 g/mol. The summed E-state index contributed by atoms with van der Waals surface area (Å²) in [7, 11) is 0. The summed E-state index contributed by atoms with van der Waals surface area (Å²) in [6, 6.07) is 0.738. The zero-order valence-electron chi connectivity index (χ0n) is 13.2. The largest absolute Gasteiger partial charge is 0.362 e. The van der Waals surface area contributed by atoms with Gasteiger partial charge in [0.05, 0.1) is 5.69 Å². The molecule has 1 aromatic heterocycles. The number of aryl methyl sites for hydroxylation is 1. The molecular weight excluding hydrogens is 266 g/mol. The van der Waals surface area contributed by atoms with Crippen molar-refractivity contribution in [2.45, 2.75) is 65.3 Å². The number of hydrogen-bond acceptors (Lipinski definition) is 4. The Labute approximate surface area is 127 Å². The summed E-state index contributed by atoms with van der Waals surface area (Å²) in [5.74, 6) is 0. The van der Waals surface area contributed by atoms with Crippen LogP contribution in [0, 0.1) is 0 Å². The van der Waals surface area contributed by atoms with E-state index in [4.69, 9.17) is 4.98 Å². The van der Waals surface area contributed by atoms with Crippen molar-refractivity contribution in [2.24, 2.45) is 0 Å². The minimum absolute atomic E-state index is 0.738. The number of thiazole rings is 1. The molecule has 1 aliphatic carbocycles. The molecule has 114 valence electrons. The van der Waals surface area contributed by atoms with E-state index in [-0.39, 0.29) is 0 Å². The molecule has 1 N–H and O–H groups in total. The minimum Gasteiger partial charge on any atom is -0.362 e. The van der Waals surface area contributed by atoms with E-state index in [1.807, 2.05) is 11.3 Å². The van der Waals surface area contributed by atoms with Crippen molar-refractivity contribution < 1.29 is 0 Å². The molecule has 0 bridgehead atoms. The first-order valence-corrected chi connectivity index (χ1v) is 9.06. The van der Waals surface area contributed by atoms with Crippen LogP contribution >= 0.6 is 11.3 Å². The Hall–Kier alpha value is -0.610. The molecule has 1 aromatic rings. The standard InChI is InChI=1S/C16H29N3S/c1-4-9-17-16-18-14-8-7-13(12-15(14)20-16)19(10-5-2)11-6-3/h13H,4-12H2,1-3H3,(H,17,18)/t13-/m0/s1. The Morgan fingerprint density at radius 3 is 2.60 bits per heavy atom. The highest BCUT2D eigenvalue weighted by molar-refractivity contribution is 7.15. The Balaban J connectivity index is 1.99. The molecule has 20 heavy (non-hydrogen) atoms. The van der Waals surface area contributed by atoms with Crippen LogP contribution < -0.4 is 5.32 Å². The molecule has 0 amide bonds. The molecule has 1 heterocycles. The number of nitrogens with one attached hydrogen (secondary N) is 1. The monoisotopic (exact) mass is 295 g/mol. The number of anilines is 1. The van der Waals surface area contributed by atoms with E-state index in [1.165, 1.54) is 49.3 Å². The van der Waals surface area contributed by atoms with Crippen LogP contribution in [-0.4, -0.2) is 35.6 Å². The van der Waals surface area contributed by atoms with E-state index in [9.17, 15) is 0 Å². The lowest BCUT2D eigenvalue weighted by atomic mass is 9.96. The van der Waals surface area contributed by atoms with Gasteiger partial charge in [0.15, 0.2) is 5.13 Å². The smallest absolute Gasteiger partial charge is 0.183 e. The van der Waals surface area contributed by atoms with Crippen LogP contribution in [0.1, 0.15) is 57.0 Å². The summed E-state index contributed by atoms with van der Waals surface area (Å²) in [4.78, 5) is 8.98. The highest BCUT2D eigenvalue weighted by Crippen LogP contribution is 2.31. The average Bonchev–Trinajstić information content (AvgIpc) is 2.86. The third-order valence-corrected chi connectivity index (χ3v) is 5.06. The molecule has 1 aliphatic rings. The third kappa shape index (κ3) is 3.95. The lowest BCUT2D eigenvalue weighted by Crippen LogP contribution is -2.40. The first-order chi connectivity index (χ1) is 9.78. The van der Waals surface area contributed by atoms with Crippen molar-refractivity contribution in [3.8, 4) is 0 Å². The summed E-state index contributed by atoms with van der Waals surface area (Å²) in [6.45, 7) is 10.3. The molecule has 0 saturated carbocycles. The first kappa shape index (κ1) is 15.8. The summed E-state index contributed by atoms with van der Waals surface area (Å²) in [6.07, 6.45) is 7.33. The van der Waals surface area contributed by atoms with Gasteiger partial charge in [-0.1, -0.05) is 20.8 Å². The van der Waals surface area contributed by atoms with Gasteiger partial charge in [-0.25, -0.2) is 4.98 Å². The molecule has 0 aliphatic heterocycles. The zero-order chi connectivity index (χ0) is 14.4. The molecule has 0 aromatic carbocycles. The van der Waals surface area contributed by atoms with E-state index in [2.05, 4.69) is 31.0 Å². The van der Waals surface area contributed by atoms with Crippen LogP contribution in [0.2, 0.25) is 0 Å². The van der Waals surface area contributed by atoms with Crippen molar-refractivity contribution in [2.75, 3.05) is 25.0 Å². The van der Waals surface area contributed by atoms with Gasteiger partial charge in [-0.3, -0.25) is 0 Å². The Bertz CT molecular complexity index is 396. The molecule has 4 heteroatoms. The quantitative estimate of drug-likeness (QED) is 0.787. The van der Waals surface area contributed by atoms with Crippen LogP contribution in [0.3, 0.4) is 0 Å². The van der Waals surface area contributed by atoms with Crippen LogP contribution in [0.15, 0.2) is 0 Å². The van der Waals surface area contributed by atoms with E-state index in [0.717, 1.165) is 30.6 Å². The van der Waals surface area contributed by atoms with Gasteiger partial charge >= 0.3 is 0 Å². The van der Waals surface area contributed by atoms with Crippen LogP contribution in [0.25, 0.3) is 0 Å². The maximum atomic E-state index is 4.76. The van der Waals surface area contributed by atoms with E-state index in [1.54, 1.807) is 0 Å². The van der Waals surface area contributed by atoms with Crippen molar-refractivity contribution in [3.63, 3.8) is 0 Å². The fraction of sp³-hybridized carbons (Fsp3) is 0.812. The van der Waals surface area contributed by atoms with E-state index in [0.29, 0.717) is 0 Å². The molecule has 1 atom stereocenters. The van der Waals surface area contributed by atoms with Gasteiger partial charge in [-0.05, 0) is 51.6 Å². The van der Waals surface area contributed by atoms with Gasteiger partial charge in [0.2, 0.25) is 0 Å². The molecular formula is C16H29N3S. The zero-order valence-corrected chi connectivity index (χ0v) is 14.1. The summed E-state index contributed by atoms with van der Waals surface area (Å²) in [5, 5.41) is 4.57. The van der Waals surface area contributed by atoms with Crippen molar-refractivity contribution in [1.82, 2.24) is 9.88 Å². The molecule has 0 unspecified atom stereocenters. The molecule has 0 spiro atoms. The number of hydrogen-bond donors (Lipinski definition) is 1. The predicted octanol–water partition coefficient (Wildman–Crippen LogP) is 3.94. The SMILES string of the molecule is CCCNc1nc2c(s1)C[C@@H](N(CCC)CCC)CC2. The normalized spacial score (nSPS) is 18.3. The Morgan fingerprint density at radius 1 is 1.20 bits per heavy atom. The number of aromatic nitrogens is 1. The molecule has 2 rings (SSSR count). The summed E-state index contributed by atoms with van der Waals surface area (Å²) >= 11 is 1.88. The van der Waals surface area contributed by atoms with Gasteiger partial charge in [-0.2, -0.15) is 0 Å². The highest BCUT2D eigenvalue weighted by atomic mass is 32.1. The topological polar surface area (TPSA) is 28.2 Å². The van der Waals surface area contributed by atoms with Crippen LogP contribution in [0.5, 0.6) is 0 Å². The van der Waals surface area contributed by atoms with Crippen LogP contribution in [0.4, 0.5) is 5.13 Å². The second-order valence-electron chi connectivity index (χ2n) is 5.75. The molecule has 0 saturated heterocycles. The minimum atomic E-state index is 0.738. The van der Waals surface area contributed by atoms with Gasteiger partial charge in [0.25, 0.3) is 0 Å². The first-order valence-electron chi connectivity index (χ1n) is 8.24. The second-order valence-corrected chi connectivity index (χ2v) is 6.83. The van der Waals surface area contributed by atoms with Gasteiger partial charge in [0.1, 0.15) is 0 Å². The van der Waals surface area contributed by atoms with Crippen molar-refractivity contribution in [3.05, 3.63) is 10.6 Å². The summed E-state index contributed by atoms with van der Waals surface area (Å²) < 4.78 is 0. The Kier molecular flexibility index (Phi) is 6.30. The molecule has 0 radical (unpaired) electrons. The van der Waals surface area contributed by atoms with Gasteiger partial charge in [-0.15, -0.1) is 11.3 Å². The lowest BCUT2D eigenvalue weighted by molar-refractivity contribution is 0.180. The fourth-order valence-electron chi connectivity index (χ4n) is 3.03. The number of nitrogens with zero attached hydrogens (tertiary/aromatic N) is 2.